The number of hydrogen-bond donors (Lipinski definition) is 0. The van der Waals surface area contributed by atoms with Crippen LogP contribution in [0.25, 0.3) is 10.2 Å². The third-order valence-corrected chi connectivity index (χ3v) is 7.86. The first-order valence-corrected chi connectivity index (χ1v) is 11.8. The first-order valence-electron chi connectivity index (χ1n) is 9.45. The number of methoxy groups -OCH3 is 1. The van der Waals surface area contributed by atoms with Crippen molar-refractivity contribution in [1.29, 1.82) is 0 Å². The Morgan fingerprint density at radius 1 is 1.23 bits per heavy atom. The standard InChI is InChI=1S/C22H24N2O4S2/c1-5-12-24-19-11-8-17(28-4)14-20(19)29-22(24)23-21(25)13-16-6-9-18(10-7-16)30(26,27)15(2)3/h5-11,14-15H,1,12-13H2,2-4H3. The normalized spacial score (nSPS) is 12.5. The molecule has 0 N–H and O–H groups in total. The number of rotatable bonds is 7. The van der Waals surface area contributed by atoms with E-state index in [9.17, 15) is 13.2 Å². The summed E-state index contributed by atoms with van der Waals surface area (Å²) in [4.78, 5) is 17.7. The molecule has 3 rings (SSSR count). The molecular weight excluding hydrogens is 420 g/mol. The van der Waals surface area contributed by atoms with Gasteiger partial charge in [-0.3, -0.25) is 4.79 Å². The molecule has 1 aromatic heterocycles. The highest BCUT2D eigenvalue weighted by Crippen LogP contribution is 2.23. The molecule has 0 spiro atoms. The van der Waals surface area contributed by atoms with Gasteiger partial charge in [0.05, 0.1) is 33.9 Å². The molecule has 0 aliphatic heterocycles. The van der Waals surface area contributed by atoms with Gasteiger partial charge in [0.2, 0.25) is 0 Å². The molecule has 6 nitrogen and oxygen atoms in total. The Morgan fingerprint density at radius 3 is 2.53 bits per heavy atom. The minimum Gasteiger partial charge on any atom is -0.497 e. The quantitative estimate of drug-likeness (QED) is 0.520. The molecule has 0 radical (unpaired) electrons. The van der Waals surface area contributed by atoms with Crippen molar-refractivity contribution >= 4 is 37.3 Å². The van der Waals surface area contributed by atoms with E-state index in [-0.39, 0.29) is 17.2 Å². The summed E-state index contributed by atoms with van der Waals surface area (Å²) in [6, 6.07) is 12.1. The van der Waals surface area contributed by atoms with Crippen LogP contribution < -0.4 is 9.54 Å². The molecule has 2 aromatic carbocycles. The molecule has 0 atom stereocenters. The van der Waals surface area contributed by atoms with E-state index in [1.165, 1.54) is 11.3 Å². The van der Waals surface area contributed by atoms with Gasteiger partial charge in [0.25, 0.3) is 5.91 Å². The lowest BCUT2D eigenvalue weighted by molar-refractivity contribution is -0.117. The van der Waals surface area contributed by atoms with E-state index in [0.717, 1.165) is 16.0 Å². The summed E-state index contributed by atoms with van der Waals surface area (Å²) in [6.45, 7) is 7.60. The zero-order valence-electron chi connectivity index (χ0n) is 17.2. The van der Waals surface area contributed by atoms with Crippen LogP contribution in [0.15, 0.2) is 65.0 Å². The third kappa shape index (κ3) is 4.55. The maximum absolute atomic E-state index is 12.6. The number of aromatic nitrogens is 1. The smallest absolute Gasteiger partial charge is 0.252 e. The molecule has 0 saturated heterocycles. The summed E-state index contributed by atoms with van der Waals surface area (Å²) >= 11 is 1.41. The molecule has 30 heavy (non-hydrogen) atoms. The Bertz CT molecular complexity index is 1250. The lowest BCUT2D eigenvalue weighted by Crippen LogP contribution is -2.17. The highest BCUT2D eigenvalue weighted by Gasteiger charge is 2.19. The lowest BCUT2D eigenvalue weighted by atomic mass is 10.1. The molecule has 0 unspecified atom stereocenters. The lowest BCUT2D eigenvalue weighted by Gasteiger charge is -2.08. The van der Waals surface area contributed by atoms with Gasteiger partial charge < -0.3 is 9.30 Å². The van der Waals surface area contributed by atoms with Crippen LogP contribution in [0.3, 0.4) is 0 Å². The van der Waals surface area contributed by atoms with Crippen molar-refractivity contribution in [3.8, 4) is 5.75 Å². The van der Waals surface area contributed by atoms with Crippen LogP contribution >= 0.6 is 11.3 Å². The monoisotopic (exact) mass is 444 g/mol. The van der Waals surface area contributed by atoms with Crippen LogP contribution in [-0.2, 0) is 27.6 Å². The minimum absolute atomic E-state index is 0.0909. The number of nitrogens with zero attached hydrogens (tertiary/aromatic N) is 2. The Kier molecular flexibility index (Phi) is 6.58. The van der Waals surface area contributed by atoms with Crippen molar-refractivity contribution in [1.82, 2.24) is 4.57 Å². The Balaban J connectivity index is 1.90. The van der Waals surface area contributed by atoms with Crippen LogP contribution in [0, 0.1) is 0 Å². The van der Waals surface area contributed by atoms with Crippen LogP contribution in [0.2, 0.25) is 0 Å². The van der Waals surface area contributed by atoms with Gasteiger partial charge >= 0.3 is 0 Å². The molecule has 8 heteroatoms. The first-order chi connectivity index (χ1) is 14.3. The molecule has 0 fully saturated rings. The molecule has 0 aliphatic rings. The van der Waals surface area contributed by atoms with Crippen LogP contribution in [0.4, 0.5) is 0 Å². The van der Waals surface area contributed by atoms with Gasteiger partial charge in [-0.05, 0) is 49.7 Å². The summed E-state index contributed by atoms with van der Waals surface area (Å²) in [7, 11) is -1.72. The van der Waals surface area contributed by atoms with Gasteiger partial charge in [-0.25, -0.2) is 8.42 Å². The highest BCUT2D eigenvalue weighted by atomic mass is 32.2. The van der Waals surface area contributed by atoms with E-state index in [2.05, 4.69) is 11.6 Å². The van der Waals surface area contributed by atoms with E-state index in [1.807, 2.05) is 22.8 Å². The fraction of sp³-hybridized carbons (Fsp3) is 0.273. The number of sulfone groups is 1. The molecule has 0 bridgehead atoms. The Labute approximate surface area is 180 Å². The van der Waals surface area contributed by atoms with Gasteiger partial charge in [-0.15, -0.1) is 6.58 Å². The number of allylic oxidation sites excluding steroid dienone is 1. The summed E-state index contributed by atoms with van der Waals surface area (Å²) in [6.07, 6.45) is 1.85. The number of ether oxygens (including phenoxy) is 1. The van der Waals surface area contributed by atoms with Crippen molar-refractivity contribution in [2.75, 3.05) is 7.11 Å². The molecule has 0 saturated carbocycles. The number of thiazole rings is 1. The topological polar surface area (TPSA) is 77.7 Å². The number of carbonyl (C=O) groups is 1. The van der Waals surface area contributed by atoms with E-state index >= 15 is 0 Å². The highest BCUT2D eigenvalue weighted by molar-refractivity contribution is 7.92. The molecule has 1 heterocycles. The zero-order valence-corrected chi connectivity index (χ0v) is 18.8. The van der Waals surface area contributed by atoms with Crippen molar-refractivity contribution < 1.29 is 17.9 Å². The van der Waals surface area contributed by atoms with Gasteiger partial charge in [0, 0.05) is 6.54 Å². The predicted molar refractivity (Wildman–Crippen MR) is 120 cm³/mol. The largest absolute Gasteiger partial charge is 0.497 e. The number of carbonyl (C=O) groups excluding carboxylic acids is 1. The summed E-state index contributed by atoms with van der Waals surface area (Å²) in [5, 5.41) is -0.494. The number of benzene rings is 2. The molecule has 3 aromatic rings. The number of hydrogen-bond acceptors (Lipinski definition) is 5. The van der Waals surface area contributed by atoms with Gasteiger partial charge in [0.15, 0.2) is 14.6 Å². The van der Waals surface area contributed by atoms with Crippen molar-refractivity contribution in [3.05, 3.63) is 65.5 Å². The van der Waals surface area contributed by atoms with Gasteiger partial charge in [0.1, 0.15) is 5.75 Å². The summed E-state index contributed by atoms with van der Waals surface area (Å²) in [5.41, 5.74) is 1.67. The van der Waals surface area contributed by atoms with E-state index in [4.69, 9.17) is 4.74 Å². The summed E-state index contributed by atoms with van der Waals surface area (Å²) in [5.74, 6) is 0.439. The van der Waals surface area contributed by atoms with Crippen molar-refractivity contribution in [2.45, 2.75) is 37.0 Å². The molecular formula is C22H24N2O4S2. The summed E-state index contributed by atoms with van der Waals surface area (Å²) < 4.78 is 32.6. The molecule has 1 amide bonds. The first kappa shape index (κ1) is 22.0. The predicted octanol–water partition coefficient (Wildman–Crippen LogP) is 3.75. The maximum Gasteiger partial charge on any atom is 0.252 e. The van der Waals surface area contributed by atoms with E-state index in [1.54, 1.807) is 51.3 Å². The second-order valence-corrected chi connectivity index (χ2v) is 10.6. The number of amides is 1. The SMILES string of the molecule is C=CCn1c(=NC(=O)Cc2ccc(S(=O)(=O)C(C)C)cc2)sc2cc(OC)ccc21. The maximum atomic E-state index is 12.6. The third-order valence-electron chi connectivity index (χ3n) is 4.65. The van der Waals surface area contributed by atoms with Gasteiger partial charge in [-0.1, -0.05) is 29.5 Å². The number of fused-ring (bicyclic) bond motifs is 1. The fourth-order valence-corrected chi connectivity index (χ4v) is 5.11. The average molecular weight is 445 g/mol. The van der Waals surface area contributed by atoms with Crippen LogP contribution in [0.5, 0.6) is 5.75 Å². The zero-order chi connectivity index (χ0) is 21.9. The Morgan fingerprint density at radius 2 is 1.93 bits per heavy atom. The van der Waals surface area contributed by atoms with Crippen LogP contribution in [0.1, 0.15) is 19.4 Å². The van der Waals surface area contributed by atoms with E-state index < -0.39 is 15.1 Å². The van der Waals surface area contributed by atoms with Crippen molar-refractivity contribution in [2.24, 2.45) is 4.99 Å². The van der Waals surface area contributed by atoms with Gasteiger partial charge in [-0.2, -0.15) is 4.99 Å². The molecule has 0 aliphatic carbocycles. The van der Waals surface area contributed by atoms with Crippen molar-refractivity contribution in [3.63, 3.8) is 0 Å². The minimum atomic E-state index is -3.33. The van der Waals surface area contributed by atoms with Crippen LogP contribution in [-0.4, -0.2) is 31.3 Å². The fourth-order valence-electron chi connectivity index (χ4n) is 2.96. The second-order valence-electron chi connectivity index (χ2n) is 7.04. The molecule has 158 valence electrons. The van der Waals surface area contributed by atoms with E-state index in [0.29, 0.717) is 16.9 Å². The Hall–Kier alpha value is -2.71. The average Bonchev–Trinajstić information content (AvgIpc) is 3.04. The second kappa shape index (κ2) is 8.97.